The molecule has 0 unspecified atom stereocenters. The van der Waals surface area contributed by atoms with E-state index in [1.54, 1.807) is 0 Å². The monoisotopic (exact) mass is 534 g/mol. The van der Waals surface area contributed by atoms with Crippen molar-refractivity contribution in [2.45, 2.75) is 57.6 Å². The predicted molar refractivity (Wildman–Crippen MR) is 153 cm³/mol. The van der Waals surface area contributed by atoms with Crippen LogP contribution in [0.25, 0.3) is 0 Å². The van der Waals surface area contributed by atoms with Crippen LogP contribution in [0.4, 0.5) is 16.2 Å². The molecule has 0 aromatic heterocycles. The molecule has 39 heavy (non-hydrogen) atoms. The number of alkyl carbamates (subject to hydrolysis) is 1. The van der Waals surface area contributed by atoms with Crippen LogP contribution >= 0.6 is 0 Å². The van der Waals surface area contributed by atoms with E-state index in [0.717, 1.165) is 43.1 Å². The molecule has 8 nitrogen and oxygen atoms in total. The number of ether oxygens (including phenoxy) is 1. The Labute approximate surface area is 231 Å². The number of hydrogen-bond acceptors (Lipinski definition) is 6. The average Bonchev–Trinajstić information content (AvgIpc) is 2.93. The molecule has 2 saturated heterocycles. The number of nitrogens with one attached hydrogen (secondary N) is 2. The molecule has 2 aromatic carbocycles. The van der Waals surface area contributed by atoms with Gasteiger partial charge in [0, 0.05) is 43.6 Å². The van der Waals surface area contributed by atoms with Gasteiger partial charge in [-0.25, -0.2) is 4.79 Å². The fourth-order valence-corrected chi connectivity index (χ4v) is 6.48. The van der Waals surface area contributed by atoms with Gasteiger partial charge in [-0.15, -0.1) is 0 Å². The minimum Gasteiger partial charge on any atom is -0.481 e. The van der Waals surface area contributed by atoms with Gasteiger partial charge in [-0.1, -0.05) is 30.3 Å². The second-order valence-corrected chi connectivity index (χ2v) is 11.7. The number of aliphatic carboxylic acids is 1. The van der Waals surface area contributed by atoms with Crippen LogP contribution in [0.15, 0.2) is 54.6 Å². The number of carbonyl (C=O) groups excluding carboxylic acids is 1. The van der Waals surface area contributed by atoms with Crippen LogP contribution < -0.4 is 15.5 Å². The van der Waals surface area contributed by atoms with E-state index >= 15 is 0 Å². The van der Waals surface area contributed by atoms with Crippen LogP contribution in [-0.4, -0.2) is 67.4 Å². The summed E-state index contributed by atoms with van der Waals surface area (Å²) in [5, 5.41) is 15.0. The van der Waals surface area contributed by atoms with Crippen LogP contribution in [0.5, 0.6) is 0 Å². The van der Waals surface area contributed by atoms with Crippen molar-refractivity contribution in [3.63, 3.8) is 0 Å². The number of amides is 1. The van der Waals surface area contributed by atoms with Gasteiger partial charge < -0.3 is 30.3 Å². The maximum Gasteiger partial charge on any atom is 0.407 e. The van der Waals surface area contributed by atoms with Crippen molar-refractivity contribution in [2.24, 2.45) is 11.3 Å². The molecule has 3 fully saturated rings. The number of carbonyl (C=O) groups is 2. The molecule has 210 valence electrons. The second kappa shape index (κ2) is 12.7. The minimum absolute atomic E-state index is 0.122. The van der Waals surface area contributed by atoms with Gasteiger partial charge in [0.15, 0.2) is 0 Å². The van der Waals surface area contributed by atoms with Crippen LogP contribution in [0.2, 0.25) is 0 Å². The molecule has 1 aliphatic carbocycles. The summed E-state index contributed by atoms with van der Waals surface area (Å²) in [6.07, 6.45) is 6.88. The van der Waals surface area contributed by atoms with Gasteiger partial charge in [0.25, 0.3) is 0 Å². The second-order valence-electron chi connectivity index (χ2n) is 11.7. The summed E-state index contributed by atoms with van der Waals surface area (Å²) >= 11 is 0. The van der Waals surface area contributed by atoms with Crippen molar-refractivity contribution in [3.05, 3.63) is 60.2 Å². The molecule has 1 spiro atoms. The molecule has 5 rings (SSSR count). The fraction of sp³-hybridized carbons (Fsp3) is 0.548. The molecule has 0 bridgehead atoms. The number of likely N-dealkylation sites (tertiary alicyclic amines) is 1. The van der Waals surface area contributed by atoms with Crippen molar-refractivity contribution < 1.29 is 19.4 Å². The molecule has 3 aliphatic rings. The van der Waals surface area contributed by atoms with E-state index in [0.29, 0.717) is 18.6 Å². The van der Waals surface area contributed by atoms with Crippen molar-refractivity contribution >= 4 is 23.4 Å². The van der Waals surface area contributed by atoms with Gasteiger partial charge in [-0.05, 0) is 92.8 Å². The van der Waals surface area contributed by atoms with Crippen LogP contribution in [0.1, 0.15) is 50.5 Å². The van der Waals surface area contributed by atoms with Gasteiger partial charge in [0.2, 0.25) is 0 Å². The van der Waals surface area contributed by atoms with Crippen LogP contribution in [0.3, 0.4) is 0 Å². The number of benzene rings is 2. The Bertz CT molecular complexity index is 1070. The Morgan fingerprint density at radius 2 is 1.64 bits per heavy atom. The lowest BCUT2D eigenvalue weighted by molar-refractivity contribution is -0.136. The minimum atomic E-state index is -0.783. The van der Waals surface area contributed by atoms with Gasteiger partial charge in [-0.3, -0.25) is 4.79 Å². The van der Waals surface area contributed by atoms with E-state index in [2.05, 4.69) is 32.6 Å². The largest absolute Gasteiger partial charge is 0.481 e. The van der Waals surface area contributed by atoms with E-state index in [4.69, 9.17) is 9.84 Å². The number of carboxylic acids is 1. The maximum absolute atomic E-state index is 12.2. The summed E-state index contributed by atoms with van der Waals surface area (Å²) in [4.78, 5) is 28.0. The first kappa shape index (κ1) is 27.3. The van der Waals surface area contributed by atoms with Crippen molar-refractivity contribution in [1.82, 2.24) is 10.2 Å². The highest BCUT2D eigenvalue weighted by Crippen LogP contribution is 2.49. The SMILES string of the molecule is O=C(O)CCNc1ccc(N2CCC(CN3CCC4(CC3)CC(NC(=O)OCc3ccccc3)C4)CC2)cc1. The van der Waals surface area contributed by atoms with Crippen molar-refractivity contribution in [2.75, 3.05) is 49.5 Å². The zero-order valence-corrected chi connectivity index (χ0v) is 22.8. The molecular weight excluding hydrogens is 492 g/mol. The van der Waals surface area contributed by atoms with Gasteiger partial charge in [0.05, 0.1) is 6.42 Å². The Hall–Kier alpha value is -3.26. The third kappa shape index (κ3) is 7.66. The number of nitrogens with zero attached hydrogens (tertiary/aromatic N) is 2. The smallest absolute Gasteiger partial charge is 0.407 e. The Kier molecular flexibility index (Phi) is 8.91. The van der Waals surface area contributed by atoms with Crippen LogP contribution in [0, 0.1) is 11.3 Å². The van der Waals surface area contributed by atoms with Gasteiger partial charge in [0.1, 0.15) is 6.61 Å². The summed E-state index contributed by atoms with van der Waals surface area (Å²) < 4.78 is 5.39. The number of rotatable bonds is 10. The molecule has 0 radical (unpaired) electrons. The lowest BCUT2D eigenvalue weighted by Crippen LogP contribution is -2.55. The Balaban J connectivity index is 0.957. The number of hydrogen-bond donors (Lipinski definition) is 3. The topological polar surface area (TPSA) is 94.1 Å². The predicted octanol–water partition coefficient (Wildman–Crippen LogP) is 4.96. The zero-order valence-electron chi connectivity index (χ0n) is 22.8. The Morgan fingerprint density at radius 3 is 2.31 bits per heavy atom. The number of carboxylic acid groups (broad SMARTS) is 1. The maximum atomic E-state index is 12.2. The van der Waals surface area contributed by atoms with E-state index in [1.807, 2.05) is 42.5 Å². The summed E-state index contributed by atoms with van der Waals surface area (Å²) in [5.41, 5.74) is 3.63. The molecule has 1 saturated carbocycles. The third-order valence-electron chi connectivity index (χ3n) is 8.84. The molecule has 2 heterocycles. The number of piperidine rings is 2. The lowest BCUT2D eigenvalue weighted by atomic mass is 9.60. The first-order chi connectivity index (χ1) is 19.0. The van der Waals surface area contributed by atoms with E-state index < -0.39 is 5.97 Å². The normalized spacial score (nSPS) is 19.8. The van der Waals surface area contributed by atoms with Gasteiger partial charge >= 0.3 is 12.1 Å². The summed E-state index contributed by atoms with van der Waals surface area (Å²) in [5.74, 6) is -0.0311. The molecule has 1 amide bonds. The van der Waals surface area contributed by atoms with Crippen molar-refractivity contribution in [1.29, 1.82) is 0 Å². The zero-order chi connectivity index (χ0) is 27.1. The molecule has 2 aromatic rings. The molecule has 0 atom stereocenters. The Morgan fingerprint density at radius 1 is 0.949 bits per heavy atom. The fourth-order valence-electron chi connectivity index (χ4n) is 6.48. The summed E-state index contributed by atoms with van der Waals surface area (Å²) in [6, 6.07) is 18.4. The first-order valence-corrected chi connectivity index (χ1v) is 14.5. The highest BCUT2D eigenvalue weighted by molar-refractivity contribution is 5.68. The standard InChI is InChI=1S/C31H42N4O4/c36-29(37)10-15-32-26-6-8-28(9-7-26)35-16-11-24(12-17-35)22-34-18-13-31(14-19-34)20-27(21-31)33-30(38)39-23-25-4-2-1-3-5-25/h1-9,24,27,32H,10-23H2,(H,33,38)(H,36,37). The van der Waals surface area contributed by atoms with E-state index in [9.17, 15) is 9.59 Å². The summed E-state index contributed by atoms with van der Waals surface area (Å²) in [7, 11) is 0. The lowest BCUT2D eigenvalue weighted by Gasteiger charge is -2.52. The molecule has 3 N–H and O–H groups in total. The quantitative estimate of drug-likeness (QED) is 0.397. The average molecular weight is 535 g/mol. The third-order valence-corrected chi connectivity index (χ3v) is 8.84. The molecule has 8 heteroatoms. The highest BCUT2D eigenvalue weighted by Gasteiger charge is 2.46. The van der Waals surface area contributed by atoms with E-state index in [1.165, 1.54) is 51.0 Å². The number of anilines is 2. The summed E-state index contributed by atoms with van der Waals surface area (Å²) in [6.45, 7) is 6.47. The van der Waals surface area contributed by atoms with Crippen LogP contribution in [-0.2, 0) is 16.1 Å². The van der Waals surface area contributed by atoms with Gasteiger partial charge in [-0.2, -0.15) is 0 Å². The molecular formula is C31H42N4O4. The molecule has 2 aliphatic heterocycles. The highest BCUT2D eigenvalue weighted by atomic mass is 16.5. The van der Waals surface area contributed by atoms with Crippen molar-refractivity contribution in [3.8, 4) is 0 Å². The first-order valence-electron chi connectivity index (χ1n) is 14.5. The van der Waals surface area contributed by atoms with E-state index in [-0.39, 0.29) is 18.6 Å².